The zero-order valence-corrected chi connectivity index (χ0v) is 10.8. The normalized spacial score (nSPS) is 21.4. The molecule has 2 N–H and O–H groups in total. The van der Waals surface area contributed by atoms with Crippen LogP contribution < -0.4 is 10.6 Å². The predicted octanol–water partition coefficient (Wildman–Crippen LogP) is 1.49. The minimum atomic E-state index is 0.430. The minimum Gasteiger partial charge on any atom is -0.356 e. The van der Waals surface area contributed by atoms with Crippen molar-refractivity contribution in [2.75, 3.05) is 13.1 Å². The standard InChI is InChI=1S/C11H18N4S/c1-7(10-12-6-9(3)16-10)4-13-11-14-5-8(2)15-11/h6-8H,4-5H2,1-3H3,(H2,13,14,15). The van der Waals surface area contributed by atoms with Gasteiger partial charge in [0.2, 0.25) is 0 Å². The van der Waals surface area contributed by atoms with Crippen LogP contribution >= 0.6 is 11.3 Å². The van der Waals surface area contributed by atoms with Crippen molar-refractivity contribution in [3.8, 4) is 0 Å². The van der Waals surface area contributed by atoms with E-state index >= 15 is 0 Å². The van der Waals surface area contributed by atoms with Crippen LogP contribution in [-0.2, 0) is 0 Å². The van der Waals surface area contributed by atoms with E-state index in [-0.39, 0.29) is 0 Å². The zero-order valence-electron chi connectivity index (χ0n) is 9.95. The average molecular weight is 238 g/mol. The Hall–Kier alpha value is -1.10. The van der Waals surface area contributed by atoms with Crippen LogP contribution in [0.3, 0.4) is 0 Å². The maximum Gasteiger partial charge on any atom is 0.191 e. The lowest BCUT2D eigenvalue weighted by molar-refractivity contribution is 0.683. The van der Waals surface area contributed by atoms with E-state index in [1.165, 1.54) is 9.88 Å². The van der Waals surface area contributed by atoms with Crippen LogP contribution in [0.2, 0.25) is 0 Å². The third-order valence-electron chi connectivity index (χ3n) is 2.54. The Morgan fingerprint density at radius 1 is 1.69 bits per heavy atom. The summed E-state index contributed by atoms with van der Waals surface area (Å²) in [5, 5.41) is 7.80. The van der Waals surface area contributed by atoms with Crippen molar-refractivity contribution in [2.24, 2.45) is 4.99 Å². The predicted molar refractivity (Wildman–Crippen MR) is 68.2 cm³/mol. The summed E-state index contributed by atoms with van der Waals surface area (Å²) < 4.78 is 0. The van der Waals surface area contributed by atoms with Gasteiger partial charge in [-0.3, -0.25) is 4.99 Å². The molecule has 0 aliphatic carbocycles. The van der Waals surface area contributed by atoms with Crippen molar-refractivity contribution in [2.45, 2.75) is 32.7 Å². The van der Waals surface area contributed by atoms with Gasteiger partial charge in [0.25, 0.3) is 0 Å². The van der Waals surface area contributed by atoms with Gasteiger partial charge in [0.05, 0.1) is 11.6 Å². The van der Waals surface area contributed by atoms with E-state index in [0.29, 0.717) is 12.0 Å². The third-order valence-corrected chi connectivity index (χ3v) is 3.69. The molecule has 2 rings (SSSR count). The van der Waals surface area contributed by atoms with Crippen LogP contribution in [0.1, 0.15) is 29.7 Å². The fourth-order valence-corrected chi connectivity index (χ4v) is 2.42. The fraction of sp³-hybridized carbons (Fsp3) is 0.636. The number of hydrogen-bond acceptors (Lipinski definition) is 5. The number of aliphatic imine (C=N–C) groups is 1. The second kappa shape index (κ2) is 4.82. The van der Waals surface area contributed by atoms with Crippen LogP contribution in [0.25, 0.3) is 0 Å². The second-order valence-electron chi connectivity index (χ2n) is 4.33. The van der Waals surface area contributed by atoms with Gasteiger partial charge in [0.1, 0.15) is 0 Å². The molecule has 1 aromatic heterocycles. The molecule has 0 radical (unpaired) electrons. The molecule has 2 atom stereocenters. The van der Waals surface area contributed by atoms with Crippen molar-refractivity contribution in [3.63, 3.8) is 0 Å². The highest BCUT2D eigenvalue weighted by atomic mass is 32.1. The van der Waals surface area contributed by atoms with Gasteiger partial charge in [0.15, 0.2) is 5.96 Å². The molecule has 0 fully saturated rings. The lowest BCUT2D eigenvalue weighted by Crippen LogP contribution is -2.39. The Labute approximate surface area is 100 Å². The number of nitrogens with zero attached hydrogens (tertiary/aromatic N) is 2. The van der Waals surface area contributed by atoms with E-state index in [0.717, 1.165) is 19.0 Å². The Morgan fingerprint density at radius 3 is 3.06 bits per heavy atom. The molecule has 0 aromatic carbocycles. The summed E-state index contributed by atoms with van der Waals surface area (Å²) >= 11 is 1.77. The van der Waals surface area contributed by atoms with Gasteiger partial charge in [-0.2, -0.15) is 0 Å². The molecule has 2 heterocycles. The van der Waals surface area contributed by atoms with Crippen molar-refractivity contribution >= 4 is 17.3 Å². The maximum atomic E-state index is 4.39. The van der Waals surface area contributed by atoms with Crippen LogP contribution in [0.4, 0.5) is 0 Å². The van der Waals surface area contributed by atoms with E-state index in [2.05, 4.69) is 41.4 Å². The Balaban J connectivity index is 1.82. The number of aromatic nitrogens is 1. The lowest BCUT2D eigenvalue weighted by atomic mass is 10.2. The van der Waals surface area contributed by atoms with Gasteiger partial charge in [-0.25, -0.2) is 4.98 Å². The number of rotatable bonds is 3. The van der Waals surface area contributed by atoms with Gasteiger partial charge in [-0.1, -0.05) is 6.92 Å². The van der Waals surface area contributed by atoms with Crippen LogP contribution in [0.15, 0.2) is 11.2 Å². The maximum absolute atomic E-state index is 4.39. The minimum absolute atomic E-state index is 0.430. The highest BCUT2D eigenvalue weighted by Crippen LogP contribution is 2.20. The topological polar surface area (TPSA) is 49.3 Å². The molecule has 0 amide bonds. The van der Waals surface area contributed by atoms with Gasteiger partial charge in [-0.05, 0) is 13.8 Å². The van der Waals surface area contributed by atoms with E-state index in [9.17, 15) is 0 Å². The summed E-state index contributed by atoms with van der Waals surface area (Å²) in [5.41, 5.74) is 0. The Bertz CT molecular complexity index is 385. The molecule has 1 aromatic rings. The quantitative estimate of drug-likeness (QED) is 0.839. The summed E-state index contributed by atoms with van der Waals surface area (Å²) in [4.78, 5) is 10.0. The van der Waals surface area contributed by atoms with E-state index in [1.807, 2.05) is 6.20 Å². The molecule has 16 heavy (non-hydrogen) atoms. The Morgan fingerprint density at radius 2 is 2.50 bits per heavy atom. The van der Waals surface area contributed by atoms with Crippen molar-refractivity contribution in [1.29, 1.82) is 0 Å². The van der Waals surface area contributed by atoms with Crippen LogP contribution in [-0.4, -0.2) is 30.1 Å². The molecule has 2 unspecified atom stereocenters. The molecule has 4 nitrogen and oxygen atoms in total. The molecule has 1 aliphatic heterocycles. The molecule has 0 spiro atoms. The first-order valence-corrected chi connectivity index (χ1v) is 6.44. The van der Waals surface area contributed by atoms with E-state index < -0.39 is 0 Å². The number of hydrogen-bond donors (Lipinski definition) is 2. The first kappa shape index (κ1) is 11.4. The van der Waals surface area contributed by atoms with Crippen molar-refractivity contribution < 1.29 is 0 Å². The highest BCUT2D eigenvalue weighted by molar-refractivity contribution is 7.11. The van der Waals surface area contributed by atoms with Gasteiger partial charge >= 0.3 is 0 Å². The monoisotopic (exact) mass is 238 g/mol. The van der Waals surface area contributed by atoms with Gasteiger partial charge in [-0.15, -0.1) is 11.3 Å². The summed E-state index contributed by atoms with van der Waals surface area (Å²) in [7, 11) is 0. The molecule has 0 saturated carbocycles. The molecule has 0 bridgehead atoms. The van der Waals surface area contributed by atoms with Crippen LogP contribution in [0, 0.1) is 6.92 Å². The number of nitrogens with one attached hydrogen (secondary N) is 2. The molecule has 88 valence electrons. The summed E-state index contributed by atoms with van der Waals surface area (Å²) in [6.07, 6.45) is 1.93. The molecular weight excluding hydrogens is 220 g/mol. The van der Waals surface area contributed by atoms with Crippen molar-refractivity contribution in [3.05, 3.63) is 16.1 Å². The fourth-order valence-electron chi connectivity index (χ4n) is 1.60. The van der Waals surface area contributed by atoms with E-state index in [4.69, 9.17) is 0 Å². The third kappa shape index (κ3) is 2.72. The summed E-state index contributed by atoms with van der Waals surface area (Å²) in [6, 6.07) is 0.458. The second-order valence-corrected chi connectivity index (χ2v) is 5.59. The average Bonchev–Trinajstić information content (AvgIpc) is 2.84. The molecule has 5 heteroatoms. The SMILES string of the molecule is Cc1cnc(C(C)CNC2=NCC(C)N2)s1. The van der Waals surface area contributed by atoms with Crippen molar-refractivity contribution in [1.82, 2.24) is 15.6 Å². The number of guanidine groups is 1. The first-order valence-electron chi connectivity index (χ1n) is 5.62. The smallest absolute Gasteiger partial charge is 0.191 e. The lowest BCUT2D eigenvalue weighted by Gasteiger charge is -2.12. The number of aryl methyl sites for hydroxylation is 1. The Kier molecular flexibility index (Phi) is 3.43. The van der Waals surface area contributed by atoms with E-state index in [1.54, 1.807) is 11.3 Å². The first-order chi connectivity index (χ1) is 7.65. The zero-order chi connectivity index (χ0) is 11.5. The largest absolute Gasteiger partial charge is 0.356 e. The number of thiazole rings is 1. The summed E-state index contributed by atoms with van der Waals surface area (Å²) in [5.74, 6) is 1.35. The van der Waals surface area contributed by atoms with Gasteiger partial charge < -0.3 is 10.6 Å². The molecule has 1 aliphatic rings. The highest BCUT2D eigenvalue weighted by Gasteiger charge is 2.14. The molecule has 0 saturated heterocycles. The summed E-state index contributed by atoms with van der Waals surface area (Å²) in [6.45, 7) is 8.15. The van der Waals surface area contributed by atoms with Gasteiger partial charge in [0, 0.05) is 29.6 Å². The molecular formula is C11H18N4S. The van der Waals surface area contributed by atoms with Crippen LogP contribution in [0.5, 0.6) is 0 Å².